The molecule has 0 aliphatic rings. The van der Waals surface area contributed by atoms with Crippen molar-refractivity contribution in [2.24, 2.45) is 0 Å². The first kappa shape index (κ1) is 82.7. The summed E-state index contributed by atoms with van der Waals surface area (Å²) >= 11 is 0. The molecular weight excluding hydrogens is 1070 g/mol. The second-order valence-electron chi connectivity index (χ2n) is 26.1. The van der Waals surface area contributed by atoms with Crippen LogP contribution in [0.3, 0.4) is 0 Å². The standard InChI is InChI=1S/C75H141N2O7P/c1-7-10-13-16-19-22-25-27-29-31-33-35-37-38-40-42-44-46-48-50-53-56-59-62-65-68-75(79)84-73(66-63-60-57-54-51-24-21-18-15-12-9-3)72(71-83-85(80,81)82-70-69-77(4,5)6)76-74(78)67-64-61-58-55-52-49-47-45-43-41-39-36-34-32-30-28-26-23-20-17-14-11-8-2/h19,22,27-30,33,35,63,66,72-73H,7-18,20-21,23-26,31-32,34,36-62,64-65,67-71H2,1-6H3,(H-,76,78,80,81)/p+1/b22-19-,29-27-,30-28+,35-33-,66-63+. The fourth-order valence-corrected chi connectivity index (χ4v) is 11.5. The second-order valence-corrected chi connectivity index (χ2v) is 27.6. The highest BCUT2D eigenvalue weighted by Crippen LogP contribution is 2.43. The van der Waals surface area contributed by atoms with Crippen molar-refractivity contribution in [1.82, 2.24) is 5.32 Å². The lowest BCUT2D eigenvalue weighted by molar-refractivity contribution is -0.870. The van der Waals surface area contributed by atoms with E-state index >= 15 is 0 Å². The van der Waals surface area contributed by atoms with Gasteiger partial charge in [0.25, 0.3) is 0 Å². The van der Waals surface area contributed by atoms with E-state index in [2.05, 4.69) is 74.7 Å². The Morgan fingerprint density at radius 3 is 1.11 bits per heavy atom. The van der Waals surface area contributed by atoms with Crippen molar-refractivity contribution >= 4 is 19.7 Å². The molecule has 0 aromatic heterocycles. The molecule has 0 bridgehead atoms. The Labute approximate surface area is 528 Å². The predicted molar refractivity (Wildman–Crippen MR) is 369 cm³/mol. The molecule has 85 heavy (non-hydrogen) atoms. The molecule has 0 spiro atoms. The van der Waals surface area contributed by atoms with E-state index in [9.17, 15) is 19.0 Å². The van der Waals surface area contributed by atoms with Crippen LogP contribution in [0.2, 0.25) is 0 Å². The maximum absolute atomic E-state index is 13.6. The van der Waals surface area contributed by atoms with Gasteiger partial charge in [-0.2, -0.15) is 0 Å². The average Bonchev–Trinajstić information content (AvgIpc) is 3.58. The maximum Gasteiger partial charge on any atom is 0.472 e. The lowest BCUT2D eigenvalue weighted by Gasteiger charge is -2.27. The number of phosphoric acid groups is 1. The molecule has 3 atom stereocenters. The molecule has 0 rings (SSSR count). The van der Waals surface area contributed by atoms with E-state index in [0.717, 1.165) is 70.6 Å². The van der Waals surface area contributed by atoms with Crippen LogP contribution in [0.25, 0.3) is 0 Å². The van der Waals surface area contributed by atoms with Gasteiger partial charge in [-0.15, -0.1) is 0 Å². The summed E-state index contributed by atoms with van der Waals surface area (Å²) in [4.78, 5) is 37.9. The Morgan fingerprint density at radius 2 is 0.718 bits per heavy atom. The third-order valence-corrected chi connectivity index (χ3v) is 17.4. The van der Waals surface area contributed by atoms with E-state index in [4.69, 9.17) is 13.8 Å². The third-order valence-electron chi connectivity index (χ3n) is 16.4. The van der Waals surface area contributed by atoms with Crippen LogP contribution in [0.4, 0.5) is 0 Å². The van der Waals surface area contributed by atoms with Crippen LogP contribution in [0.15, 0.2) is 60.8 Å². The van der Waals surface area contributed by atoms with Gasteiger partial charge in [0, 0.05) is 12.8 Å². The zero-order valence-electron chi connectivity index (χ0n) is 57.1. The van der Waals surface area contributed by atoms with Gasteiger partial charge in [-0.3, -0.25) is 18.6 Å². The number of ether oxygens (including phenoxy) is 1. The number of esters is 1. The van der Waals surface area contributed by atoms with E-state index in [0.29, 0.717) is 23.9 Å². The van der Waals surface area contributed by atoms with Crippen LogP contribution in [-0.2, 0) is 27.9 Å². The van der Waals surface area contributed by atoms with Crippen molar-refractivity contribution in [3.05, 3.63) is 60.8 Å². The number of nitrogens with zero attached hydrogens (tertiary/aromatic N) is 1. The molecule has 10 heteroatoms. The minimum Gasteiger partial charge on any atom is -0.456 e. The molecule has 0 fully saturated rings. The predicted octanol–water partition coefficient (Wildman–Crippen LogP) is 23.3. The molecule has 0 radical (unpaired) electrons. The van der Waals surface area contributed by atoms with Crippen LogP contribution in [0, 0.1) is 0 Å². The van der Waals surface area contributed by atoms with Crippen LogP contribution in [-0.4, -0.2) is 74.3 Å². The number of amides is 1. The average molecular weight is 1210 g/mol. The SMILES string of the molecule is CCCCC/C=C\C/C=C\C/C=C\CCCCCCCCCCCCCCC(=O)OC(/C=C/CCCCCCCCCCC)C(COP(=O)(O)OCC[N+](C)(C)C)NC(=O)CCCCCCCCCCCCCCC/C=C/CCCCCCCC. The summed E-state index contributed by atoms with van der Waals surface area (Å²) in [6.45, 7) is 7.02. The Bertz CT molecular complexity index is 1640. The van der Waals surface area contributed by atoms with E-state index in [1.807, 2.05) is 33.3 Å². The Balaban J connectivity index is 4.98. The molecular formula is C75H142N2O7P+. The van der Waals surface area contributed by atoms with Gasteiger partial charge in [-0.1, -0.05) is 307 Å². The topological polar surface area (TPSA) is 111 Å². The zero-order chi connectivity index (χ0) is 62.1. The minimum absolute atomic E-state index is 0.0404. The van der Waals surface area contributed by atoms with Gasteiger partial charge in [-0.25, -0.2) is 4.57 Å². The van der Waals surface area contributed by atoms with E-state index in [-0.39, 0.29) is 25.1 Å². The highest BCUT2D eigenvalue weighted by molar-refractivity contribution is 7.47. The van der Waals surface area contributed by atoms with Gasteiger partial charge < -0.3 is 19.4 Å². The fraction of sp³-hybridized carbons (Fsp3) is 0.840. The van der Waals surface area contributed by atoms with Gasteiger partial charge in [0.1, 0.15) is 19.3 Å². The summed E-state index contributed by atoms with van der Waals surface area (Å²) in [5.74, 6) is -0.494. The summed E-state index contributed by atoms with van der Waals surface area (Å²) in [5, 5.41) is 3.07. The minimum atomic E-state index is -4.45. The van der Waals surface area contributed by atoms with Crippen molar-refractivity contribution < 1.29 is 37.3 Å². The summed E-state index contributed by atoms with van der Waals surface area (Å²) in [6.07, 6.45) is 83.8. The normalized spacial score (nSPS) is 13.8. The first-order valence-electron chi connectivity index (χ1n) is 36.6. The van der Waals surface area contributed by atoms with Gasteiger partial charge in [0.2, 0.25) is 5.91 Å². The molecule has 0 saturated heterocycles. The molecule has 0 aliphatic heterocycles. The summed E-state index contributed by atoms with van der Waals surface area (Å²) in [5.41, 5.74) is 0. The molecule has 1 amide bonds. The van der Waals surface area contributed by atoms with Crippen LogP contribution >= 0.6 is 7.82 Å². The number of allylic oxidation sites excluding steroid dienone is 9. The summed E-state index contributed by atoms with van der Waals surface area (Å²) in [6, 6.07) is -0.850. The molecule has 3 unspecified atom stereocenters. The largest absolute Gasteiger partial charge is 0.472 e. The number of carbonyl (C=O) groups is 2. The maximum atomic E-state index is 13.6. The lowest BCUT2D eigenvalue weighted by Crippen LogP contribution is -2.47. The van der Waals surface area contributed by atoms with Crippen molar-refractivity contribution in [3.63, 3.8) is 0 Å². The Kier molecular flexibility index (Phi) is 62.9. The fourth-order valence-electron chi connectivity index (χ4n) is 10.8. The number of hydrogen-bond acceptors (Lipinski definition) is 6. The molecule has 0 aromatic carbocycles. The lowest BCUT2D eigenvalue weighted by atomic mass is 10.0. The van der Waals surface area contributed by atoms with Crippen LogP contribution in [0.1, 0.15) is 355 Å². The van der Waals surface area contributed by atoms with E-state index in [1.54, 1.807) is 0 Å². The molecule has 9 nitrogen and oxygen atoms in total. The number of carbonyl (C=O) groups excluding carboxylic acids is 2. The van der Waals surface area contributed by atoms with E-state index in [1.165, 1.54) is 250 Å². The molecule has 0 saturated carbocycles. The van der Waals surface area contributed by atoms with Crippen LogP contribution in [0.5, 0.6) is 0 Å². The molecule has 0 aliphatic carbocycles. The molecule has 2 N–H and O–H groups in total. The quantitative estimate of drug-likeness (QED) is 0.0205. The first-order valence-corrected chi connectivity index (χ1v) is 38.1. The van der Waals surface area contributed by atoms with Gasteiger partial charge in [0.15, 0.2) is 0 Å². The molecule has 498 valence electrons. The summed E-state index contributed by atoms with van der Waals surface area (Å²) < 4.78 is 30.8. The monoisotopic (exact) mass is 1210 g/mol. The van der Waals surface area contributed by atoms with Gasteiger partial charge in [-0.05, 0) is 96.0 Å². The van der Waals surface area contributed by atoms with Crippen LogP contribution < -0.4 is 5.32 Å². The number of nitrogens with one attached hydrogen (secondary N) is 1. The highest BCUT2D eigenvalue weighted by Gasteiger charge is 2.30. The van der Waals surface area contributed by atoms with Crippen molar-refractivity contribution in [2.45, 2.75) is 367 Å². The second kappa shape index (κ2) is 64.7. The van der Waals surface area contributed by atoms with E-state index < -0.39 is 20.0 Å². The number of hydrogen-bond donors (Lipinski definition) is 2. The van der Waals surface area contributed by atoms with Gasteiger partial charge in [0.05, 0.1) is 33.8 Å². The number of quaternary nitrogens is 1. The zero-order valence-corrected chi connectivity index (χ0v) is 58.0. The first-order chi connectivity index (χ1) is 41.4. The Hall–Kier alpha value is -2.29. The Morgan fingerprint density at radius 1 is 0.412 bits per heavy atom. The molecule has 0 heterocycles. The van der Waals surface area contributed by atoms with Gasteiger partial charge >= 0.3 is 13.8 Å². The van der Waals surface area contributed by atoms with Crippen molar-refractivity contribution in [2.75, 3.05) is 40.9 Å². The summed E-state index contributed by atoms with van der Waals surface area (Å²) in [7, 11) is 1.50. The molecule has 0 aromatic rings. The van der Waals surface area contributed by atoms with Crippen molar-refractivity contribution in [3.8, 4) is 0 Å². The number of likely N-dealkylation sites (N-methyl/N-ethyl adjacent to an activating group) is 1. The number of phosphoric ester groups is 1. The number of unbranched alkanes of at least 4 members (excludes halogenated alkanes) is 43. The number of rotatable bonds is 67. The highest BCUT2D eigenvalue weighted by atomic mass is 31.2. The smallest absolute Gasteiger partial charge is 0.456 e. The van der Waals surface area contributed by atoms with Crippen molar-refractivity contribution in [1.29, 1.82) is 0 Å². The third kappa shape index (κ3) is 66.0.